The molecular formula is C17H18N2O6S2. The monoisotopic (exact) mass is 410 g/mol. The maximum absolute atomic E-state index is 12.9. The number of hydrogen-bond donors (Lipinski definition) is 1. The first-order valence-electron chi connectivity index (χ1n) is 7.97. The van der Waals surface area contributed by atoms with E-state index in [0.29, 0.717) is 9.99 Å². The molecule has 10 heteroatoms. The Balaban J connectivity index is 2.07. The molecule has 144 valence electrons. The lowest BCUT2D eigenvalue weighted by molar-refractivity contribution is -0.116. The summed E-state index contributed by atoms with van der Waals surface area (Å²) in [5, 5.41) is 0. The predicted octanol–water partition coefficient (Wildman–Crippen LogP) is 1.87. The molecule has 0 atom stereocenters. The topological polar surface area (TPSA) is 110 Å². The van der Waals surface area contributed by atoms with E-state index in [2.05, 4.69) is 4.72 Å². The zero-order chi connectivity index (χ0) is 19.8. The highest BCUT2D eigenvalue weighted by Gasteiger charge is 2.37. The smallest absolute Gasteiger partial charge is 0.265 e. The summed E-state index contributed by atoms with van der Waals surface area (Å²) in [6.45, 7) is 1.82. The number of hydrogen-bond acceptors (Lipinski definition) is 6. The Labute approximate surface area is 157 Å². The molecule has 0 spiro atoms. The van der Waals surface area contributed by atoms with Crippen molar-refractivity contribution in [2.45, 2.75) is 18.2 Å². The van der Waals surface area contributed by atoms with Gasteiger partial charge in [-0.1, -0.05) is 12.1 Å². The van der Waals surface area contributed by atoms with E-state index < -0.39 is 26.0 Å². The van der Waals surface area contributed by atoms with Crippen LogP contribution in [0.1, 0.15) is 12.0 Å². The number of ether oxygens (including phenoxy) is 1. The maximum atomic E-state index is 12.9. The first-order chi connectivity index (χ1) is 12.6. The highest BCUT2D eigenvalue weighted by molar-refractivity contribution is 7.94. The van der Waals surface area contributed by atoms with Gasteiger partial charge in [-0.15, -0.1) is 0 Å². The summed E-state index contributed by atoms with van der Waals surface area (Å²) in [6, 6.07) is 10.6. The molecule has 1 saturated heterocycles. The quantitative estimate of drug-likeness (QED) is 0.806. The van der Waals surface area contributed by atoms with Crippen LogP contribution >= 0.6 is 0 Å². The standard InChI is InChI=1S/C17H18N2O6S2/c1-12-4-3-5-13(10-12)18-27(23,24)16-11-14(6-7-15(16)25-2)19-17(20)8-9-26(19,21)22/h3-7,10-11,18H,8-9H2,1-2H3. The van der Waals surface area contributed by atoms with Crippen LogP contribution in [-0.4, -0.2) is 35.6 Å². The van der Waals surface area contributed by atoms with E-state index in [4.69, 9.17) is 4.74 Å². The van der Waals surface area contributed by atoms with Crippen LogP contribution in [0.5, 0.6) is 5.75 Å². The van der Waals surface area contributed by atoms with E-state index in [1.54, 1.807) is 18.2 Å². The van der Waals surface area contributed by atoms with E-state index >= 15 is 0 Å². The third-order valence-electron chi connectivity index (χ3n) is 4.02. The molecule has 2 aromatic carbocycles. The zero-order valence-electron chi connectivity index (χ0n) is 14.7. The number of carbonyl (C=O) groups is 1. The molecule has 1 aliphatic heterocycles. The first kappa shape index (κ1) is 19.2. The Morgan fingerprint density at radius 2 is 1.89 bits per heavy atom. The van der Waals surface area contributed by atoms with Crippen molar-refractivity contribution < 1.29 is 26.4 Å². The van der Waals surface area contributed by atoms with Crippen LogP contribution in [0.25, 0.3) is 0 Å². The number of nitrogens with one attached hydrogen (secondary N) is 1. The minimum Gasteiger partial charge on any atom is -0.495 e. The van der Waals surface area contributed by atoms with Crippen LogP contribution in [0, 0.1) is 6.92 Å². The summed E-state index contributed by atoms with van der Waals surface area (Å²) in [5.74, 6) is -0.875. The van der Waals surface area contributed by atoms with Crippen molar-refractivity contribution >= 4 is 37.3 Å². The number of aryl methyl sites for hydroxylation is 1. The van der Waals surface area contributed by atoms with E-state index in [9.17, 15) is 21.6 Å². The van der Waals surface area contributed by atoms with E-state index in [1.165, 1.54) is 19.2 Å². The second kappa shape index (κ2) is 6.86. The largest absolute Gasteiger partial charge is 0.495 e. The summed E-state index contributed by atoms with van der Waals surface area (Å²) in [4.78, 5) is 11.7. The van der Waals surface area contributed by atoms with Gasteiger partial charge in [-0.3, -0.25) is 9.52 Å². The van der Waals surface area contributed by atoms with Gasteiger partial charge in [-0.25, -0.2) is 21.1 Å². The van der Waals surface area contributed by atoms with Crippen molar-refractivity contribution in [2.75, 3.05) is 21.9 Å². The van der Waals surface area contributed by atoms with Gasteiger partial charge in [0.05, 0.1) is 18.6 Å². The normalized spacial score (nSPS) is 16.4. The van der Waals surface area contributed by atoms with Crippen LogP contribution < -0.4 is 13.8 Å². The number of nitrogens with zero attached hydrogens (tertiary/aromatic N) is 1. The molecular weight excluding hydrogens is 392 g/mol. The number of amides is 1. The number of sulfonamides is 2. The summed E-state index contributed by atoms with van der Waals surface area (Å²) >= 11 is 0. The Kier molecular flexibility index (Phi) is 4.87. The molecule has 27 heavy (non-hydrogen) atoms. The van der Waals surface area contributed by atoms with Gasteiger partial charge in [0.1, 0.15) is 10.6 Å². The Bertz CT molecular complexity index is 1110. The highest BCUT2D eigenvalue weighted by atomic mass is 32.2. The fraction of sp³-hybridized carbons (Fsp3) is 0.235. The van der Waals surface area contributed by atoms with Crippen molar-refractivity contribution in [1.29, 1.82) is 0 Å². The summed E-state index contributed by atoms with van der Waals surface area (Å²) in [6.07, 6.45) is -0.141. The summed E-state index contributed by atoms with van der Waals surface area (Å²) in [7, 11) is -6.59. The fourth-order valence-electron chi connectivity index (χ4n) is 2.79. The minimum absolute atomic E-state index is 0.0305. The summed E-state index contributed by atoms with van der Waals surface area (Å²) in [5.41, 5.74) is 1.18. The van der Waals surface area contributed by atoms with Gasteiger partial charge in [-0.05, 0) is 42.8 Å². The lowest BCUT2D eigenvalue weighted by Gasteiger charge is -2.18. The number of benzene rings is 2. The summed E-state index contributed by atoms with van der Waals surface area (Å²) < 4.78 is 58.2. The van der Waals surface area contributed by atoms with Gasteiger partial charge in [-0.2, -0.15) is 0 Å². The lowest BCUT2D eigenvalue weighted by atomic mass is 10.2. The molecule has 0 saturated carbocycles. The minimum atomic E-state index is -4.09. The molecule has 1 amide bonds. The SMILES string of the molecule is COc1ccc(N2C(=O)CCS2(=O)=O)cc1S(=O)(=O)Nc1cccc(C)c1. The van der Waals surface area contributed by atoms with Gasteiger partial charge in [0.2, 0.25) is 15.9 Å². The third-order valence-corrected chi connectivity index (χ3v) is 7.11. The average molecular weight is 410 g/mol. The Hall–Kier alpha value is -2.59. The van der Waals surface area contributed by atoms with Crippen molar-refractivity contribution in [2.24, 2.45) is 0 Å². The van der Waals surface area contributed by atoms with Crippen molar-refractivity contribution in [3.05, 3.63) is 48.0 Å². The molecule has 0 aromatic heterocycles. The van der Waals surface area contributed by atoms with Gasteiger partial charge < -0.3 is 4.74 Å². The van der Waals surface area contributed by atoms with E-state index in [1.807, 2.05) is 13.0 Å². The zero-order valence-corrected chi connectivity index (χ0v) is 16.3. The van der Waals surface area contributed by atoms with Crippen LogP contribution in [-0.2, 0) is 24.8 Å². The molecule has 8 nitrogen and oxygen atoms in total. The van der Waals surface area contributed by atoms with E-state index in [-0.39, 0.29) is 28.5 Å². The van der Waals surface area contributed by atoms with Crippen molar-refractivity contribution in [3.8, 4) is 5.75 Å². The van der Waals surface area contributed by atoms with Crippen LogP contribution in [0.3, 0.4) is 0 Å². The van der Waals surface area contributed by atoms with Gasteiger partial charge in [0.25, 0.3) is 10.0 Å². The molecule has 1 aliphatic rings. The van der Waals surface area contributed by atoms with Gasteiger partial charge in [0.15, 0.2) is 0 Å². The Morgan fingerprint density at radius 1 is 1.15 bits per heavy atom. The average Bonchev–Trinajstić information content (AvgIpc) is 2.87. The lowest BCUT2D eigenvalue weighted by Crippen LogP contribution is -2.29. The van der Waals surface area contributed by atoms with Crippen molar-refractivity contribution in [3.63, 3.8) is 0 Å². The molecule has 0 aliphatic carbocycles. The fourth-order valence-corrected chi connectivity index (χ4v) is 5.48. The van der Waals surface area contributed by atoms with Crippen molar-refractivity contribution in [1.82, 2.24) is 0 Å². The number of methoxy groups -OCH3 is 1. The third kappa shape index (κ3) is 3.76. The molecule has 0 unspecified atom stereocenters. The molecule has 1 fully saturated rings. The molecule has 3 rings (SSSR count). The van der Waals surface area contributed by atoms with Crippen LogP contribution in [0.4, 0.5) is 11.4 Å². The molecule has 0 radical (unpaired) electrons. The maximum Gasteiger partial charge on any atom is 0.265 e. The van der Waals surface area contributed by atoms with Gasteiger partial charge >= 0.3 is 0 Å². The number of rotatable bonds is 5. The molecule has 1 N–H and O–H groups in total. The predicted molar refractivity (Wildman–Crippen MR) is 101 cm³/mol. The van der Waals surface area contributed by atoms with Crippen LogP contribution in [0.2, 0.25) is 0 Å². The first-order valence-corrected chi connectivity index (χ1v) is 11.1. The second-order valence-corrected chi connectivity index (χ2v) is 9.62. The number of anilines is 2. The van der Waals surface area contributed by atoms with Gasteiger partial charge in [0, 0.05) is 12.1 Å². The van der Waals surface area contributed by atoms with Crippen LogP contribution in [0.15, 0.2) is 47.4 Å². The van der Waals surface area contributed by atoms with E-state index in [0.717, 1.165) is 11.6 Å². The highest BCUT2D eigenvalue weighted by Crippen LogP contribution is 2.33. The Morgan fingerprint density at radius 3 is 2.48 bits per heavy atom. The molecule has 1 heterocycles. The number of carbonyl (C=O) groups excluding carboxylic acids is 1. The molecule has 2 aromatic rings. The molecule has 0 bridgehead atoms. The second-order valence-electron chi connectivity index (χ2n) is 6.03.